The molecule has 3 aromatic rings. The number of hydrogen-bond acceptors (Lipinski definition) is 5. The number of fused-ring (bicyclic) bond motifs is 5. The van der Waals surface area contributed by atoms with Crippen LogP contribution in [0, 0.1) is 0 Å². The van der Waals surface area contributed by atoms with Crippen molar-refractivity contribution in [2.24, 2.45) is 0 Å². The minimum absolute atomic E-state index is 0.223. The van der Waals surface area contributed by atoms with Crippen LogP contribution in [-0.4, -0.2) is 28.1 Å². The van der Waals surface area contributed by atoms with Crippen molar-refractivity contribution in [2.75, 3.05) is 28.1 Å². The third kappa shape index (κ3) is 1.86. The Morgan fingerprint density at radius 2 is 1.52 bits per heavy atom. The summed E-state index contributed by atoms with van der Waals surface area (Å²) in [6.45, 7) is 0.223. The average Bonchev–Trinajstić information content (AvgIpc) is 3.08. The number of methoxy groups -OCH3 is 3. The van der Waals surface area contributed by atoms with Crippen LogP contribution < -0.4 is 23.7 Å². The number of rotatable bonds is 3. The second-order valence-electron chi connectivity index (χ2n) is 5.21. The average molecular weight is 312 g/mol. The molecule has 0 aliphatic carbocycles. The van der Waals surface area contributed by atoms with Gasteiger partial charge in [0.1, 0.15) is 0 Å². The maximum atomic E-state index is 5.70. The van der Waals surface area contributed by atoms with Crippen LogP contribution in [0.15, 0.2) is 30.3 Å². The smallest absolute Gasteiger partial charge is 0.231 e. The zero-order valence-electron chi connectivity index (χ0n) is 13.1. The molecule has 0 bridgehead atoms. The van der Waals surface area contributed by atoms with Crippen LogP contribution in [0.3, 0.4) is 0 Å². The molecule has 0 amide bonds. The van der Waals surface area contributed by atoms with Gasteiger partial charge in [-0.1, -0.05) is 18.2 Å². The highest BCUT2D eigenvalue weighted by atomic mass is 16.7. The molecule has 0 spiro atoms. The van der Waals surface area contributed by atoms with E-state index < -0.39 is 0 Å². The Kier molecular flexibility index (Phi) is 3.08. The highest BCUT2D eigenvalue weighted by molar-refractivity contribution is 6.15. The van der Waals surface area contributed by atoms with Crippen molar-refractivity contribution in [3.63, 3.8) is 0 Å². The van der Waals surface area contributed by atoms with Crippen molar-refractivity contribution in [1.29, 1.82) is 0 Å². The molecule has 5 heteroatoms. The lowest BCUT2D eigenvalue weighted by molar-refractivity contribution is 0.175. The number of benzene rings is 3. The van der Waals surface area contributed by atoms with Gasteiger partial charge in [0.25, 0.3) is 0 Å². The van der Waals surface area contributed by atoms with Gasteiger partial charge in [0.15, 0.2) is 23.0 Å². The molecule has 1 aliphatic rings. The van der Waals surface area contributed by atoms with E-state index in [0.29, 0.717) is 17.2 Å². The Morgan fingerprint density at radius 3 is 2.26 bits per heavy atom. The van der Waals surface area contributed by atoms with Crippen molar-refractivity contribution in [3.05, 3.63) is 30.3 Å². The van der Waals surface area contributed by atoms with Gasteiger partial charge in [0, 0.05) is 10.8 Å². The molecule has 0 unspecified atom stereocenters. The van der Waals surface area contributed by atoms with Crippen molar-refractivity contribution in [3.8, 4) is 28.7 Å². The Hall–Kier alpha value is -2.82. The molecular formula is C18H16O5. The Bertz CT molecular complexity index is 917. The summed E-state index contributed by atoms with van der Waals surface area (Å²) in [5, 5.41) is 3.91. The first-order chi connectivity index (χ1) is 11.3. The lowest BCUT2D eigenvalue weighted by atomic mass is 9.99. The second-order valence-corrected chi connectivity index (χ2v) is 5.21. The second kappa shape index (κ2) is 5.12. The van der Waals surface area contributed by atoms with E-state index in [2.05, 4.69) is 0 Å². The summed E-state index contributed by atoms with van der Waals surface area (Å²) in [5.74, 6) is 3.28. The third-order valence-electron chi connectivity index (χ3n) is 4.12. The zero-order valence-corrected chi connectivity index (χ0v) is 13.1. The molecule has 0 fully saturated rings. The van der Waals surface area contributed by atoms with Crippen molar-refractivity contribution in [2.45, 2.75) is 0 Å². The van der Waals surface area contributed by atoms with Crippen LogP contribution in [0.25, 0.3) is 21.5 Å². The van der Waals surface area contributed by atoms with Crippen LogP contribution in [0.2, 0.25) is 0 Å². The fraction of sp³-hybridized carbons (Fsp3) is 0.222. The van der Waals surface area contributed by atoms with Gasteiger partial charge < -0.3 is 23.7 Å². The highest BCUT2D eigenvalue weighted by Gasteiger charge is 2.23. The summed E-state index contributed by atoms with van der Waals surface area (Å²) in [4.78, 5) is 0. The summed E-state index contributed by atoms with van der Waals surface area (Å²) in [5.41, 5.74) is 0. The van der Waals surface area contributed by atoms with Crippen molar-refractivity contribution < 1.29 is 23.7 Å². The molecule has 0 saturated heterocycles. The molecule has 118 valence electrons. The lowest BCUT2D eigenvalue weighted by Crippen LogP contribution is -1.97. The summed E-state index contributed by atoms with van der Waals surface area (Å²) in [6, 6.07) is 9.95. The van der Waals surface area contributed by atoms with E-state index >= 15 is 0 Å². The van der Waals surface area contributed by atoms with Crippen LogP contribution >= 0.6 is 0 Å². The van der Waals surface area contributed by atoms with Crippen molar-refractivity contribution >= 4 is 21.5 Å². The molecule has 0 N–H and O–H groups in total. The standard InChI is InChI=1S/C18H16O5/c1-19-13-8-11-5-4-10-6-7-12-16(23-9-22-12)14(10)15(11)18(21-3)17(13)20-2/h4-8H,9H2,1-3H3. The van der Waals surface area contributed by atoms with Crippen LogP contribution in [0.5, 0.6) is 28.7 Å². The van der Waals surface area contributed by atoms with Gasteiger partial charge in [-0.25, -0.2) is 0 Å². The largest absolute Gasteiger partial charge is 0.493 e. The molecule has 1 heterocycles. The fourth-order valence-electron chi connectivity index (χ4n) is 3.13. The van der Waals surface area contributed by atoms with E-state index in [9.17, 15) is 0 Å². The highest BCUT2D eigenvalue weighted by Crippen LogP contribution is 2.50. The van der Waals surface area contributed by atoms with Crippen LogP contribution in [0.1, 0.15) is 0 Å². The van der Waals surface area contributed by atoms with Gasteiger partial charge in [0.2, 0.25) is 12.5 Å². The predicted octanol–water partition coefficient (Wildman–Crippen LogP) is 3.75. The first-order valence-corrected chi connectivity index (χ1v) is 7.22. The molecule has 5 nitrogen and oxygen atoms in total. The van der Waals surface area contributed by atoms with Gasteiger partial charge in [-0.05, 0) is 22.9 Å². The molecule has 1 aliphatic heterocycles. The van der Waals surface area contributed by atoms with Gasteiger partial charge in [-0.15, -0.1) is 0 Å². The molecule has 0 saturated carbocycles. The molecule has 4 rings (SSSR count). The summed E-state index contributed by atoms with van der Waals surface area (Å²) in [7, 11) is 4.83. The Balaban J connectivity index is 2.23. The van der Waals surface area contributed by atoms with E-state index in [1.54, 1.807) is 21.3 Å². The fourth-order valence-corrected chi connectivity index (χ4v) is 3.13. The molecule has 0 radical (unpaired) electrons. The minimum Gasteiger partial charge on any atom is -0.493 e. The van der Waals surface area contributed by atoms with E-state index in [0.717, 1.165) is 33.0 Å². The Morgan fingerprint density at radius 1 is 0.783 bits per heavy atom. The first-order valence-electron chi connectivity index (χ1n) is 7.22. The van der Waals surface area contributed by atoms with Crippen molar-refractivity contribution in [1.82, 2.24) is 0 Å². The monoisotopic (exact) mass is 312 g/mol. The van der Waals surface area contributed by atoms with Gasteiger partial charge in [-0.2, -0.15) is 0 Å². The maximum Gasteiger partial charge on any atom is 0.231 e. The first kappa shape index (κ1) is 13.8. The summed E-state index contributed by atoms with van der Waals surface area (Å²) < 4.78 is 27.8. The van der Waals surface area contributed by atoms with E-state index in [1.165, 1.54) is 0 Å². The topological polar surface area (TPSA) is 46.2 Å². The quantitative estimate of drug-likeness (QED) is 0.689. The molecule has 3 aromatic carbocycles. The molecule has 23 heavy (non-hydrogen) atoms. The van der Waals surface area contributed by atoms with E-state index in [1.807, 2.05) is 30.3 Å². The van der Waals surface area contributed by atoms with E-state index in [-0.39, 0.29) is 6.79 Å². The summed E-state index contributed by atoms with van der Waals surface area (Å²) in [6.07, 6.45) is 0. The Labute approximate surface area is 133 Å². The molecular weight excluding hydrogens is 296 g/mol. The minimum atomic E-state index is 0.223. The van der Waals surface area contributed by atoms with Crippen LogP contribution in [-0.2, 0) is 0 Å². The molecule has 0 atom stereocenters. The normalized spacial score (nSPS) is 12.7. The van der Waals surface area contributed by atoms with E-state index in [4.69, 9.17) is 23.7 Å². The zero-order chi connectivity index (χ0) is 16.0. The maximum absolute atomic E-state index is 5.70. The van der Waals surface area contributed by atoms with Gasteiger partial charge in [-0.3, -0.25) is 0 Å². The third-order valence-corrected chi connectivity index (χ3v) is 4.12. The van der Waals surface area contributed by atoms with Crippen LogP contribution in [0.4, 0.5) is 0 Å². The van der Waals surface area contributed by atoms with Gasteiger partial charge >= 0.3 is 0 Å². The number of hydrogen-bond donors (Lipinski definition) is 0. The SMILES string of the molecule is COc1cc2ccc3ccc4c(c3c2c(OC)c1OC)OCO4. The predicted molar refractivity (Wildman–Crippen MR) is 87.2 cm³/mol. The summed E-state index contributed by atoms with van der Waals surface area (Å²) >= 11 is 0. The van der Waals surface area contributed by atoms with Gasteiger partial charge in [0.05, 0.1) is 21.3 Å². The lowest BCUT2D eigenvalue weighted by Gasteiger charge is -2.16. The number of ether oxygens (including phenoxy) is 5. The molecule has 0 aromatic heterocycles.